The van der Waals surface area contributed by atoms with Crippen molar-refractivity contribution < 1.29 is 4.79 Å². The zero-order valence-electron chi connectivity index (χ0n) is 9.81. The highest BCUT2D eigenvalue weighted by Gasteiger charge is 2.27. The van der Waals surface area contributed by atoms with Crippen molar-refractivity contribution in [3.63, 3.8) is 0 Å². The van der Waals surface area contributed by atoms with Crippen LogP contribution in [0.15, 0.2) is 24.3 Å². The van der Waals surface area contributed by atoms with Crippen LogP contribution in [-0.2, 0) is 0 Å². The summed E-state index contributed by atoms with van der Waals surface area (Å²) in [5.74, 6) is 0.478. The molecule has 4 heteroatoms. The number of amides is 1. The zero-order valence-corrected chi connectivity index (χ0v) is 9.81. The fraction of sp³-hybridized carbons (Fsp3) is 0.385. The quantitative estimate of drug-likeness (QED) is 0.814. The van der Waals surface area contributed by atoms with E-state index in [-0.39, 0.29) is 5.91 Å². The van der Waals surface area contributed by atoms with Crippen LogP contribution >= 0.6 is 0 Å². The molecule has 1 aromatic carbocycles. The number of benzene rings is 1. The summed E-state index contributed by atoms with van der Waals surface area (Å²) in [7, 11) is 0. The standard InChI is InChI=1S/C13H15N3O/c1-9-5-4-8-16(9)13(17)12-14-10-6-2-3-7-11(10)15-12/h2-3,6-7,9H,4-5,8H2,1H3,(H,14,15). The van der Waals surface area contributed by atoms with E-state index >= 15 is 0 Å². The van der Waals surface area contributed by atoms with Gasteiger partial charge in [0.2, 0.25) is 0 Å². The fourth-order valence-electron chi connectivity index (χ4n) is 2.43. The van der Waals surface area contributed by atoms with Crippen LogP contribution in [0.25, 0.3) is 11.0 Å². The maximum absolute atomic E-state index is 12.3. The van der Waals surface area contributed by atoms with Crippen LogP contribution in [-0.4, -0.2) is 33.4 Å². The second-order valence-corrected chi connectivity index (χ2v) is 4.59. The Morgan fingerprint density at radius 3 is 3.00 bits per heavy atom. The third-order valence-electron chi connectivity index (χ3n) is 3.41. The zero-order chi connectivity index (χ0) is 11.8. The first kappa shape index (κ1) is 10.3. The molecule has 1 aromatic heterocycles. The van der Waals surface area contributed by atoms with Crippen molar-refractivity contribution in [1.29, 1.82) is 0 Å². The topological polar surface area (TPSA) is 49.0 Å². The van der Waals surface area contributed by atoms with Gasteiger partial charge in [0.15, 0.2) is 5.82 Å². The molecule has 1 N–H and O–H groups in total. The molecule has 2 aromatic rings. The Morgan fingerprint density at radius 1 is 1.47 bits per heavy atom. The number of fused-ring (bicyclic) bond motifs is 1. The molecule has 1 amide bonds. The molecular formula is C13H15N3O. The monoisotopic (exact) mass is 229 g/mol. The molecule has 17 heavy (non-hydrogen) atoms. The third-order valence-corrected chi connectivity index (χ3v) is 3.41. The van der Waals surface area contributed by atoms with Crippen LogP contribution in [0.4, 0.5) is 0 Å². The number of para-hydroxylation sites is 2. The number of hydrogen-bond donors (Lipinski definition) is 1. The Morgan fingerprint density at radius 2 is 2.29 bits per heavy atom. The normalized spacial score (nSPS) is 20.1. The Balaban J connectivity index is 1.95. The summed E-state index contributed by atoms with van der Waals surface area (Å²) in [6, 6.07) is 8.04. The minimum Gasteiger partial charge on any atom is -0.334 e. The molecule has 1 unspecified atom stereocenters. The SMILES string of the molecule is CC1CCCN1C(=O)c1nc2ccccc2[nH]1. The van der Waals surface area contributed by atoms with Crippen molar-refractivity contribution in [3.05, 3.63) is 30.1 Å². The van der Waals surface area contributed by atoms with Gasteiger partial charge in [-0.15, -0.1) is 0 Å². The molecular weight excluding hydrogens is 214 g/mol. The lowest BCUT2D eigenvalue weighted by atomic mass is 10.2. The highest BCUT2D eigenvalue weighted by atomic mass is 16.2. The summed E-state index contributed by atoms with van der Waals surface area (Å²) in [6.07, 6.45) is 2.18. The van der Waals surface area contributed by atoms with Gasteiger partial charge in [-0.25, -0.2) is 4.98 Å². The van der Waals surface area contributed by atoms with Gasteiger partial charge >= 0.3 is 0 Å². The largest absolute Gasteiger partial charge is 0.334 e. The third kappa shape index (κ3) is 1.69. The first-order valence-corrected chi connectivity index (χ1v) is 6.01. The lowest BCUT2D eigenvalue weighted by molar-refractivity contribution is 0.0736. The highest BCUT2D eigenvalue weighted by Crippen LogP contribution is 2.19. The minimum absolute atomic E-state index is 0.0196. The van der Waals surface area contributed by atoms with Crippen molar-refractivity contribution >= 4 is 16.9 Å². The number of H-pyrrole nitrogens is 1. The molecule has 1 atom stereocenters. The molecule has 0 aliphatic carbocycles. The van der Waals surface area contributed by atoms with E-state index in [1.807, 2.05) is 29.2 Å². The summed E-state index contributed by atoms with van der Waals surface area (Å²) in [4.78, 5) is 21.6. The maximum atomic E-state index is 12.3. The van der Waals surface area contributed by atoms with Crippen LogP contribution in [0, 0.1) is 0 Å². The van der Waals surface area contributed by atoms with Gasteiger partial charge in [0.05, 0.1) is 11.0 Å². The van der Waals surface area contributed by atoms with E-state index in [2.05, 4.69) is 16.9 Å². The summed E-state index contributed by atoms with van der Waals surface area (Å²) < 4.78 is 0. The minimum atomic E-state index is 0.0196. The smallest absolute Gasteiger partial charge is 0.289 e. The summed E-state index contributed by atoms with van der Waals surface area (Å²) >= 11 is 0. The number of nitrogens with zero attached hydrogens (tertiary/aromatic N) is 2. The molecule has 0 bridgehead atoms. The number of aromatic nitrogens is 2. The van der Waals surface area contributed by atoms with Gasteiger partial charge in [0, 0.05) is 12.6 Å². The van der Waals surface area contributed by atoms with E-state index in [1.165, 1.54) is 0 Å². The Bertz CT molecular complexity index is 528. The molecule has 4 nitrogen and oxygen atoms in total. The Kier molecular flexibility index (Phi) is 2.35. The van der Waals surface area contributed by atoms with Gasteiger partial charge in [-0.05, 0) is 31.9 Å². The molecule has 0 radical (unpaired) electrons. The predicted octanol–water partition coefficient (Wildman–Crippen LogP) is 2.19. The summed E-state index contributed by atoms with van der Waals surface area (Å²) in [5, 5.41) is 0. The molecule has 1 aliphatic heterocycles. The lowest BCUT2D eigenvalue weighted by Crippen LogP contribution is -2.34. The number of carbonyl (C=O) groups excluding carboxylic acids is 1. The number of imidazole rings is 1. The molecule has 88 valence electrons. The number of hydrogen-bond acceptors (Lipinski definition) is 2. The summed E-state index contributed by atoms with van der Waals surface area (Å²) in [5.41, 5.74) is 1.77. The second kappa shape index (κ2) is 3.87. The van der Waals surface area contributed by atoms with E-state index in [1.54, 1.807) is 0 Å². The molecule has 1 fully saturated rings. The van der Waals surface area contributed by atoms with E-state index in [0.717, 1.165) is 30.4 Å². The van der Waals surface area contributed by atoms with Crippen LogP contribution in [0.2, 0.25) is 0 Å². The van der Waals surface area contributed by atoms with Crippen LogP contribution in [0.5, 0.6) is 0 Å². The maximum Gasteiger partial charge on any atom is 0.289 e. The lowest BCUT2D eigenvalue weighted by Gasteiger charge is -2.19. The van der Waals surface area contributed by atoms with Crippen LogP contribution in [0.3, 0.4) is 0 Å². The number of aromatic amines is 1. The number of likely N-dealkylation sites (tertiary alicyclic amines) is 1. The number of carbonyl (C=O) groups is 1. The fourth-order valence-corrected chi connectivity index (χ4v) is 2.43. The van der Waals surface area contributed by atoms with Gasteiger partial charge in [-0.2, -0.15) is 0 Å². The second-order valence-electron chi connectivity index (χ2n) is 4.59. The van der Waals surface area contributed by atoms with Gasteiger partial charge in [-0.3, -0.25) is 4.79 Å². The molecule has 1 saturated heterocycles. The van der Waals surface area contributed by atoms with Crippen molar-refractivity contribution in [3.8, 4) is 0 Å². The van der Waals surface area contributed by atoms with Crippen LogP contribution in [0.1, 0.15) is 30.4 Å². The van der Waals surface area contributed by atoms with Crippen LogP contribution < -0.4 is 0 Å². The molecule has 1 aliphatic rings. The van der Waals surface area contributed by atoms with Crippen molar-refractivity contribution in [2.24, 2.45) is 0 Å². The predicted molar refractivity (Wildman–Crippen MR) is 65.8 cm³/mol. The van der Waals surface area contributed by atoms with Gasteiger partial charge < -0.3 is 9.88 Å². The molecule has 0 spiro atoms. The highest BCUT2D eigenvalue weighted by molar-refractivity contribution is 5.94. The van der Waals surface area contributed by atoms with E-state index in [4.69, 9.17) is 0 Å². The first-order valence-electron chi connectivity index (χ1n) is 6.01. The van der Waals surface area contributed by atoms with Gasteiger partial charge in [0.1, 0.15) is 0 Å². The first-order chi connectivity index (χ1) is 8.25. The Labute approximate surface area is 99.6 Å². The average molecular weight is 229 g/mol. The van der Waals surface area contributed by atoms with Crippen molar-refractivity contribution in [2.75, 3.05) is 6.54 Å². The molecule has 2 heterocycles. The van der Waals surface area contributed by atoms with Crippen molar-refractivity contribution in [2.45, 2.75) is 25.8 Å². The van der Waals surface area contributed by atoms with Gasteiger partial charge in [-0.1, -0.05) is 12.1 Å². The van der Waals surface area contributed by atoms with Crippen molar-refractivity contribution in [1.82, 2.24) is 14.9 Å². The van der Waals surface area contributed by atoms with Gasteiger partial charge in [0.25, 0.3) is 5.91 Å². The van der Waals surface area contributed by atoms with E-state index in [9.17, 15) is 4.79 Å². The number of nitrogens with one attached hydrogen (secondary N) is 1. The average Bonchev–Trinajstić information content (AvgIpc) is 2.93. The Hall–Kier alpha value is -1.84. The molecule has 3 rings (SSSR count). The van der Waals surface area contributed by atoms with E-state index in [0.29, 0.717) is 11.9 Å². The summed E-state index contributed by atoms with van der Waals surface area (Å²) in [6.45, 7) is 2.94. The molecule has 0 saturated carbocycles. The van der Waals surface area contributed by atoms with E-state index < -0.39 is 0 Å². The number of rotatable bonds is 1.